The number of carbonyl (C=O) groups excluding carboxylic acids is 2. The summed E-state index contributed by atoms with van der Waals surface area (Å²) in [6.45, 7) is 3.73. The molecule has 0 aliphatic carbocycles. The Balaban J connectivity index is 2.16. The first-order valence-electron chi connectivity index (χ1n) is 6.22. The molecule has 1 aromatic heterocycles. The van der Waals surface area contributed by atoms with Crippen LogP contribution in [0.25, 0.3) is 0 Å². The summed E-state index contributed by atoms with van der Waals surface area (Å²) in [7, 11) is 0. The lowest BCUT2D eigenvalue weighted by atomic mass is 10.1. The van der Waals surface area contributed by atoms with Crippen molar-refractivity contribution in [2.24, 2.45) is 5.73 Å². The molecule has 1 aromatic carbocycles. The smallest absolute Gasteiger partial charge is 0.251 e. The van der Waals surface area contributed by atoms with Crippen LogP contribution >= 0.6 is 11.3 Å². The van der Waals surface area contributed by atoms with Crippen molar-refractivity contribution in [2.45, 2.75) is 20.3 Å². The van der Waals surface area contributed by atoms with Gasteiger partial charge in [-0.3, -0.25) is 9.59 Å². The highest BCUT2D eigenvalue weighted by molar-refractivity contribution is 7.16. The second-order valence-electron chi connectivity index (χ2n) is 4.56. The molecule has 0 radical (unpaired) electrons. The van der Waals surface area contributed by atoms with Gasteiger partial charge in [-0.2, -0.15) is 0 Å². The van der Waals surface area contributed by atoms with Gasteiger partial charge in [-0.25, -0.2) is 0 Å². The van der Waals surface area contributed by atoms with Gasteiger partial charge in [0.05, 0.1) is 12.0 Å². The van der Waals surface area contributed by atoms with Gasteiger partial charge in [0.2, 0.25) is 5.91 Å². The summed E-state index contributed by atoms with van der Waals surface area (Å²) < 4.78 is 0. The lowest BCUT2D eigenvalue weighted by molar-refractivity contribution is -0.115. The average molecular weight is 288 g/mol. The number of rotatable bonds is 4. The number of nitrogens with one attached hydrogen (secondary N) is 1. The average Bonchev–Trinajstić information content (AvgIpc) is 2.65. The summed E-state index contributed by atoms with van der Waals surface area (Å²) in [5.41, 5.74) is 7.54. The van der Waals surface area contributed by atoms with E-state index in [0.717, 1.165) is 16.0 Å². The largest absolute Gasteiger partial charge is 0.365 e. The Labute approximate surface area is 121 Å². The maximum absolute atomic E-state index is 12.0. The molecule has 104 valence electrons. The lowest BCUT2D eigenvalue weighted by Gasteiger charge is -2.05. The molecule has 0 spiro atoms. The molecule has 3 N–H and O–H groups in total. The van der Waals surface area contributed by atoms with E-state index >= 15 is 0 Å². The number of primary amides is 1. The van der Waals surface area contributed by atoms with E-state index in [4.69, 9.17) is 5.73 Å². The van der Waals surface area contributed by atoms with Crippen LogP contribution in [0.2, 0.25) is 0 Å². The number of nitrogens with two attached hydrogens (primary N) is 1. The number of benzene rings is 1. The molecule has 0 fully saturated rings. The lowest BCUT2D eigenvalue weighted by Crippen LogP contribution is -2.18. The second-order valence-corrected chi connectivity index (χ2v) is 5.79. The van der Waals surface area contributed by atoms with Gasteiger partial charge in [0.15, 0.2) is 0 Å². The fourth-order valence-corrected chi connectivity index (χ4v) is 3.05. The highest BCUT2D eigenvalue weighted by Crippen LogP contribution is 2.32. The summed E-state index contributed by atoms with van der Waals surface area (Å²) in [5.74, 6) is -0.665. The van der Waals surface area contributed by atoms with Crippen molar-refractivity contribution in [3.63, 3.8) is 0 Å². The van der Waals surface area contributed by atoms with Crippen LogP contribution in [0.3, 0.4) is 0 Å². The van der Waals surface area contributed by atoms with Crippen LogP contribution in [-0.2, 0) is 11.2 Å². The molecule has 0 saturated heterocycles. The highest BCUT2D eigenvalue weighted by atomic mass is 32.1. The van der Waals surface area contributed by atoms with Crippen LogP contribution in [0.15, 0.2) is 30.3 Å². The second kappa shape index (κ2) is 5.88. The predicted molar refractivity (Wildman–Crippen MR) is 81.1 cm³/mol. The van der Waals surface area contributed by atoms with Crippen molar-refractivity contribution in [1.29, 1.82) is 0 Å². The van der Waals surface area contributed by atoms with E-state index in [0.29, 0.717) is 10.6 Å². The molecular formula is C15H16N2O2S. The maximum Gasteiger partial charge on any atom is 0.251 e. The summed E-state index contributed by atoms with van der Waals surface area (Å²) in [6.07, 6.45) is 0.273. The SMILES string of the molecule is Cc1sc(NC(=O)Cc2ccccc2)c(C(N)=O)c1C. The molecule has 0 bridgehead atoms. The summed E-state index contributed by atoms with van der Waals surface area (Å²) >= 11 is 1.38. The molecule has 0 unspecified atom stereocenters. The Morgan fingerprint density at radius 2 is 1.85 bits per heavy atom. The predicted octanol–water partition coefficient (Wildman–Crippen LogP) is 2.65. The van der Waals surface area contributed by atoms with Crippen LogP contribution < -0.4 is 11.1 Å². The Morgan fingerprint density at radius 3 is 2.45 bits per heavy atom. The maximum atomic E-state index is 12.0. The normalized spacial score (nSPS) is 10.3. The molecule has 2 rings (SSSR count). The molecule has 20 heavy (non-hydrogen) atoms. The van der Waals surface area contributed by atoms with E-state index in [1.165, 1.54) is 11.3 Å². The van der Waals surface area contributed by atoms with Gasteiger partial charge in [0.25, 0.3) is 5.91 Å². The van der Waals surface area contributed by atoms with Gasteiger partial charge in [0.1, 0.15) is 5.00 Å². The third-order valence-corrected chi connectivity index (χ3v) is 4.21. The van der Waals surface area contributed by atoms with E-state index in [1.807, 2.05) is 44.2 Å². The first-order chi connectivity index (χ1) is 9.49. The van der Waals surface area contributed by atoms with E-state index in [9.17, 15) is 9.59 Å². The third kappa shape index (κ3) is 3.05. The van der Waals surface area contributed by atoms with Crippen LogP contribution in [0.4, 0.5) is 5.00 Å². The van der Waals surface area contributed by atoms with Gasteiger partial charge < -0.3 is 11.1 Å². The standard InChI is InChI=1S/C15H16N2O2S/c1-9-10(2)20-15(13(9)14(16)19)17-12(18)8-11-6-4-3-5-7-11/h3-7H,8H2,1-2H3,(H2,16,19)(H,17,18). The number of carbonyl (C=O) groups is 2. The molecule has 0 aliphatic heterocycles. The molecule has 2 amide bonds. The summed E-state index contributed by atoms with van der Waals surface area (Å²) in [4.78, 5) is 24.5. The fraction of sp³-hybridized carbons (Fsp3) is 0.200. The zero-order valence-electron chi connectivity index (χ0n) is 11.4. The number of amides is 2. The van der Waals surface area contributed by atoms with Crippen molar-refractivity contribution in [3.8, 4) is 0 Å². The van der Waals surface area contributed by atoms with Crippen LogP contribution in [0.1, 0.15) is 26.4 Å². The van der Waals surface area contributed by atoms with Crippen molar-refractivity contribution in [1.82, 2.24) is 0 Å². The molecule has 5 heteroatoms. The van der Waals surface area contributed by atoms with E-state index < -0.39 is 5.91 Å². The monoisotopic (exact) mass is 288 g/mol. The molecule has 0 aliphatic rings. The van der Waals surface area contributed by atoms with E-state index in [1.54, 1.807) is 0 Å². The van der Waals surface area contributed by atoms with Gasteiger partial charge in [-0.1, -0.05) is 30.3 Å². The Hall–Kier alpha value is -2.14. The van der Waals surface area contributed by atoms with Gasteiger partial charge >= 0.3 is 0 Å². The minimum absolute atomic E-state index is 0.153. The molecular weight excluding hydrogens is 272 g/mol. The Bertz CT molecular complexity index is 647. The zero-order valence-corrected chi connectivity index (χ0v) is 12.2. The number of anilines is 1. The third-order valence-electron chi connectivity index (χ3n) is 3.09. The molecule has 4 nitrogen and oxygen atoms in total. The fourth-order valence-electron chi connectivity index (χ4n) is 1.96. The van der Waals surface area contributed by atoms with Gasteiger partial charge in [-0.05, 0) is 25.0 Å². The minimum Gasteiger partial charge on any atom is -0.365 e. The van der Waals surface area contributed by atoms with Crippen molar-refractivity contribution < 1.29 is 9.59 Å². The molecule has 0 atom stereocenters. The zero-order chi connectivity index (χ0) is 14.7. The summed E-state index contributed by atoms with van der Waals surface area (Å²) in [6, 6.07) is 9.45. The Kier molecular flexibility index (Phi) is 4.20. The van der Waals surface area contributed by atoms with Crippen LogP contribution in [-0.4, -0.2) is 11.8 Å². The minimum atomic E-state index is -0.512. The van der Waals surface area contributed by atoms with Crippen LogP contribution in [0, 0.1) is 13.8 Å². The molecule has 0 saturated carbocycles. The quantitative estimate of drug-likeness (QED) is 0.907. The first kappa shape index (κ1) is 14.3. The van der Waals surface area contributed by atoms with Crippen molar-refractivity contribution in [2.75, 3.05) is 5.32 Å². The number of hydrogen-bond acceptors (Lipinski definition) is 3. The molecule has 2 aromatic rings. The van der Waals surface area contributed by atoms with Crippen molar-refractivity contribution in [3.05, 3.63) is 51.9 Å². The van der Waals surface area contributed by atoms with Gasteiger partial charge in [-0.15, -0.1) is 11.3 Å². The van der Waals surface area contributed by atoms with Crippen molar-refractivity contribution >= 4 is 28.2 Å². The van der Waals surface area contributed by atoms with Gasteiger partial charge in [0, 0.05) is 4.88 Å². The molecule has 1 heterocycles. The number of thiophene rings is 1. The van der Waals surface area contributed by atoms with E-state index in [-0.39, 0.29) is 12.3 Å². The number of aryl methyl sites for hydroxylation is 1. The van der Waals surface area contributed by atoms with E-state index in [2.05, 4.69) is 5.32 Å². The first-order valence-corrected chi connectivity index (χ1v) is 7.04. The highest BCUT2D eigenvalue weighted by Gasteiger charge is 2.18. The van der Waals surface area contributed by atoms with Crippen LogP contribution in [0.5, 0.6) is 0 Å². The number of hydrogen-bond donors (Lipinski definition) is 2. The Morgan fingerprint density at radius 1 is 1.20 bits per heavy atom. The topological polar surface area (TPSA) is 72.2 Å². The summed E-state index contributed by atoms with van der Waals surface area (Å²) in [5, 5.41) is 3.32.